The maximum absolute atomic E-state index is 14.7. The normalized spacial score (nSPS) is 28.3. The summed E-state index contributed by atoms with van der Waals surface area (Å²) in [5.41, 5.74) is 4.80. The Hall–Kier alpha value is -2.04. The highest BCUT2D eigenvalue weighted by Gasteiger charge is 2.62. The molecule has 148 valence electrons. The smallest absolute Gasteiger partial charge is 0.250 e. The second-order valence-electron chi connectivity index (χ2n) is 7.16. The number of amidine groups is 1. The summed E-state index contributed by atoms with van der Waals surface area (Å²) in [7, 11) is -2.43. The van der Waals surface area contributed by atoms with Crippen LogP contribution in [0, 0.1) is 5.82 Å². The van der Waals surface area contributed by atoms with Crippen LogP contribution in [-0.2, 0) is 29.6 Å². The molecule has 2 atom stereocenters. The Morgan fingerprint density at radius 3 is 2.85 bits per heavy atom. The van der Waals surface area contributed by atoms with Gasteiger partial charge in [0.1, 0.15) is 33.8 Å². The van der Waals surface area contributed by atoms with Crippen molar-refractivity contribution in [1.29, 1.82) is 0 Å². The monoisotopic (exact) mass is 399 g/mol. The van der Waals surface area contributed by atoms with Gasteiger partial charge in [-0.1, -0.05) is 0 Å². The number of carbonyl (C=O) groups excluding carboxylic acids is 1. The highest BCUT2D eigenvalue weighted by Crippen LogP contribution is 2.47. The van der Waals surface area contributed by atoms with E-state index in [9.17, 15) is 17.6 Å². The molecule has 3 rings (SSSR count). The zero-order valence-corrected chi connectivity index (χ0v) is 16.1. The number of nitrogens with zero attached hydrogens (tertiary/aromatic N) is 1. The van der Waals surface area contributed by atoms with Crippen LogP contribution in [0.5, 0.6) is 0 Å². The van der Waals surface area contributed by atoms with Crippen molar-refractivity contribution in [1.82, 2.24) is 0 Å². The molecule has 0 aromatic heterocycles. The fraction of sp³-hybridized carbons (Fsp3) is 0.529. The van der Waals surface area contributed by atoms with E-state index in [2.05, 4.69) is 10.3 Å². The minimum Gasteiger partial charge on any atom is -0.386 e. The maximum atomic E-state index is 14.7. The van der Waals surface area contributed by atoms with Gasteiger partial charge in [-0.2, -0.15) is 0 Å². The van der Waals surface area contributed by atoms with Crippen LogP contribution in [-0.4, -0.2) is 57.1 Å². The van der Waals surface area contributed by atoms with E-state index in [1.165, 1.54) is 33.1 Å². The number of hydrogen-bond acceptors (Lipinski definition) is 7. The molecular formula is C17H22FN3O5S. The number of hydrogen-bond donors (Lipinski definition) is 2. The first-order chi connectivity index (χ1) is 12.6. The molecule has 27 heavy (non-hydrogen) atoms. The van der Waals surface area contributed by atoms with Crippen LogP contribution in [0.25, 0.3) is 0 Å². The number of anilines is 1. The van der Waals surface area contributed by atoms with Gasteiger partial charge < -0.3 is 20.5 Å². The summed E-state index contributed by atoms with van der Waals surface area (Å²) in [5.74, 6) is -1.17. The Kier molecular flexibility index (Phi) is 4.77. The van der Waals surface area contributed by atoms with Crippen molar-refractivity contribution in [2.75, 3.05) is 32.2 Å². The highest BCUT2D eigenvalue weighted by atomic mass is 32.2. The van der Waals surface area contributed by atoms with E-state index < -0.39 is 37.1 Å². The molecule has 2 aliphatic heterocycles. The summed E-state index contributed by atoms with van der Waals surface area (Å²) in [6.07, 6.45) is 0. The number of ether oxygens (including phenoxy) is 2. The molecule has 1 aromatic carbocycles. The van der Waals surface area contributed by atoms with Gasteiger partial charge in [-0.05, 0) is 32.0 Å². The minimum atomic E-state index is -3.81. The summed E-state index contributed by atoms with van der Waals surface area (Å²) in [6, 6.07) is 3.90. The van der Waals surface area contributed by atoms with Gasteiger partial charge in [0.2, 0.25) is 5.91 Å². The molecule has 0 saturated carbocycles. The van der Waals surface area contributed by atoms with Gasteiger partial charge in [-0.3, -0.25) is 9.79 Å². The first-order valence-corrected chi connectivity index (χ1v) is 9.86. The van der Waals surface area contributed by atoms with Crippen LogP contribution in [0.3, 0.4) is 0 Å². The Labute approximate surface area is 156 Å². The molecule has 3 N–H and O–H groups in total. The molecule has 0 unspecified atom stereocenters. The van der Waals surface area contributed by atoms with E-state index in [1.807, 2.05) is 0 Å². The van der Waals surface area contributed by atoms with Crippen molar-refractivity contribution < 1.29 is 27.1 Å². The molecule has 0 aliphatic carbocycles. The molecule has 0 bridgehead atoms. The Morgan fingerprint density at radius 1 is 1.48 bits per heavy atom. The maximum Gasteiger partial charge on any atom is 0.250 e. The number of nitrogens with one attached hydrogen (secondary N) is 1. The number of halogens is 1. The lowest BCUT2D eigenvalue weighted by atomic mass is 9.87. The number of amides is 1. The van der Waals surface area contributed by atoms with Crippen LogP contribution < -0.4 is 11.1 Å². The molecule has 8 nitrogen and oxygen atoms in total. The van der Waals surface area contributed by atoms with Crippen LogP contribution in [0.1, 0.15) is 19.4 Å². The third-order valence-electron chi connectivity index (χ3n) is 5.14. The third kappa shape index (κ3) is 2.91. The topological polar surface area (TPSA) is 120 Å². The number of methoxy groups -OCH3 is 1. The average Bonchev–Trinajstić information content (AvgIpc) is 3.01. The van der Waals surface area contributed by atoms with Gasteiger partial charge in [-0.25, -0.2) is 12.8 Å². The van der Waals surface area contributed by atoms with Crippen LogP contribution in [0.15, 0.2) is 23.2 Å². The predicted molar refractivity (Wildman–Crippen MR) is 97.8 cm³/mol. The van der Waals surface area contributed by atoms with E-state index in [4.69, 9.17) is 15.2 Å². The number of benzene rings is 1. The number of nitrogens with two attached hydrogens (primary N) is 1. The Morgan fingerprint density at radius 2 is 2.19 bits per heavy atom. The summed E-state index contributed by atoms with van der Waals surface area (Å²) in [6.45, 7) is 2.54. The fourth-order valence-corrected chi connectivity index (χ4v) is 5.51. The Balaban J connectivity index is 2.14. The summed E-state index contributed by atoms with van der Waals surface area (Å²) in [5, 5.41) is 1.50. The highest BCUT2D eigenvalue weighted by molar-refractivity contribution is 7.94. The van der Waals surface area contributed by atoms with E-state index in [0.717, 1.165) is 6.07 Å². The largest absolute Gasteiger partial charge is 0.386 e. The predicted octanol–water partition coefficient (Wildman–Crippen LogP) is 0.569. The molecule has 0 radical (unpaired) electrons. The van der Waals surface area contributed by atoms with Crippen molar-refractivity contribution in [2.24, 2.45) is 10.7 Å². The molecule has 10 heteroatoms. The molecule has 2 heterocycles. The number of carbonyl (C=O) groups is 1. The van der Waals surface area contributed by atoms with Gasteiger partial charge in [0.15, 0.2) is 9.84 Å². The van der Waals surface area contributed by atoms with Crippen molar-refractivity contribution in [3.05, 3.63) is 29.6 Å². The van der Waals surface area contributed by atoms with E-state index >= 15 is 0 Å². The van der Waals surface area contributed by atoms with Crippen molar-refractivity contribution in [2.45, 2.75) is 29.4 Å². The Bertz CT molecular complexity index is 915. The number of aliphatic imine (C=N–C) groups is 1. The number of rotatable bonds is 4. The standard InChI is InChI=1S/C17H22FN3O5S/c1-16(2)15(19)21-17(9-26-7-13(17)27(16,23)24)11-6-10(4-5-12(11)18)20-14(22)8-25-3/h4-6,13H,7-9H2,1-3H3,(H2,19,21)(H,20,22)/t13-,17-/m1/s1. The number of sulfone groups is 1. The fourth-order valence-electron chi connectivity index (χ4n) is 3.43. The van der Waals surface area contributed by atoms with E-state index in [-0.39, 0.29) is 31.2 Å². The summed E-state index contributed by atoms with van der Waals surface area (Å²) >= 11 is 0. The molecule has 0 spiro atoms. The molecule has 1 aromatic rings. The lowest BCUT2D eigenvalue weighted by Crippen LogP contribution is -2.60. The van der Waals surface area contributed by atoms with Crippen molar-refractivity contribution in [3.8, 4) is 0 Å². The molecule has 1 amide bonds. The SMILES string of the molecule is COCC(=O)Nc1ccc(F)c([C@]23COC[C@H]2S(=O)(=O)C(C)(C)C(N)=N3)c1. The van der Waals surface area contributed by atoms with Gasteiger partial charge in [0.25, 0.3) is 0 Å². The molecular weight excluding hydrogens is 377 g/mol. The zero-order chi connectivity index (χ0) is 20.0. The lowest BCUT2D eigenvalue weighted by Gasteiger charge is -2.41. The van der Waals surface area contributed by atoms with E-state index in [1.54, 1.807) is 0 Å². The zero-order valence-electron chi connectivity index (χ0n) is 15.3. The minimum absolute atomic E-state index is 0.0160. The number of fused-ring (bicyclic) bond motifs is 1. The quantitative estimate of drug-likeness (QED) is 0.764. The van der Waals surface area contributed by atoms with Crippen LogP contribution in [0.2, 0.25) is 0 Å². The second-order valence-corrected chi connectivity index (χ2v) is 9.84. The van der Waals surface area contributed by atoms with Crippen molar-refractivity contribution >= 4 is 27.3 Å². The van der Waals surface area contributed by atoms with Gasteiger partial charge >= 0.3 is 0 Å². The van der Waals surface area contributed by atoms with Crippen LogP contribution in [0.4, 0.5) is 10.1 Å². The third-order valence-corrected chi connectivity index (χ3v) is 8.05. The van der Waals surface area contributed by atoms with Gasteiger partial charge in [0, 0.05) is 18.4 Å². The summed E-state index contributed by atoms with van der Waals surface area (Å²) < 4.78 is 49.8. The van der Waals surface area contributed by atoms with Crippen molar-refractivity contribution in [3.63, 3.8) is 0 Å². The molecule has 1 fully saturated rings. The van der Waals surface area contributed by atoms with Gasteiger partial charge in [-0.15, -0.1) is 0 Å². The lowest BCUT2D eigenvalue weighted by molar-refractivity contribution is -0.119. The average molecular weight is 399 g/mol. The van der Waals surface area contributed by atoms with Gasteiger partial charge in [0.05, 0.1) is 13.2 Å². The van der Waals surface area contributed by atoms with E-state index in [0.29, 0.717) is 5.69 Å². The molecule has 2 aliphatic rings. The van der Waals surface area contributed by atoms with Crippen LogP contribution >= 0.6 is 0 Å². The first kappa shape index (κ1) is 19.7. The first-order valence-electron chi connectivity index (χ1n) is 8.32. The molecule has 1 saturated heterocycles. The second kappa shape index (κ2) is 6.54. The summed E-state index contributed by atoms with van der Waals surface area (Å²) in [4.78, 5) is 16.2.